The highest BCUT2D eigenvalue weighted by Crippen LogP contribution is 2.39. The van der Waals surface area contributed by atoms with Gasteiger partial charge in [-0.1, -0.05) is 19.8 Å². The summed E-state index contributed by atoms with van der Waals surface area (Å²) >= 11 is 0. The fourth-order valence-corrected chi connectivity index (χ4v) is 4.06. The average Bonchev–Trinajstić information content (AvgIpc) is 3.19. The largest absolute Gasteiger partial charge is 0.340 e. The van der Waals surface area contributed by atoms with Gasteiger partial charge in [0.05, 0.1) is 11.6 Å². The molecule has 0 unspecified atom stereocenters. The first-order chi connectivity index (χ1) is 12.6. The molecule has 1 atom stereocenters. The van der Waals surface area contributed by atoms with Gasteiger partial charge in [0.25, 0.3) is 0 Å². The standard InChI is InChI=1S/C19H24N6O/c1-3-15-18(26)23(2)16-12-21-19(24-10-8-13(20)9-11-24)22-17(16)25(15)14-6-4-5-7-14/h8-12,14-15,20H,3-7H2,1-2H3/t15-/m1/s1. The zero-order chi connectivity index (χ0) is 18.3. The van der Waals surface area contributed by atoms with E-state index in [4.69, 9.17) is 10.4 Å². The van der Waals surface area contributed by atoms with Crippen LogP contribution in [0.4, 0.5) is 11.5 Å². The Kier molecular flexibility index (Phi) is 4.22. The van der Waals surface area contributed by atoms with Gasteiger partial charge in [0.2, 0.25) is 11.9 Å². The number of amides is 1. The number of carbonyl (C=O) groups excluding carboxylic acids is 1. The molecule has 2 aromatic rings. The number of pyridine rings is 1. The Labute approximate surface area is 152 Å². The molecule has 0 saturated heterocycles. The van der Waals surface area contributed by atoms with Crippen molar-refractivity contribution in [3.8, 4) is 5.95 Å². The summed E-state index contributed by atoms with van der Waals surface area (Å²) in [6, 6.07) is 3.61. The lowest BCUT2D eigenvalue weighted by atomic mass is 10.0. The summed E-state index contributed by atoms with van der Waals surface area (Å²) in [5, 5.41) is 8.09. The van der Waals surface area contributed by atoms with Crippen LogP contribution in [0.15, 0.2) is 30.7 Å². The van der Waals surface area contributed by atoms with Gasteiger partial charge in [-0.15, -0.1) is 0 Å². The quantitative estimate of drug-likeness (QED) is 0.919. The van der Waals surface area contributed by atoms with Crippen LogP contribution in [0.1, 0.15) is 39.0 Å². The van der Waals surface area contributed by atoms with Crippen molar-refractivity contribution in [1.82, 2.24) is 14.5 Å². The molecule has 4 rings (SSSR count). The molecule has 0 aromatic carbocycles. The third-order valence-corrected chi connectivity index (χ3v) is 5.46. The number of nitrogens with zero attached hydrogens (tertiary/aromatic N) is 5. The third kappa shape index (κ3) is 2.67. The Hall–Kier alpha value is -2.70. The highest BCUT2D eigenvalue weighted by Gasteiger charge is 2.41. The molecule has 1 amide bonds. The summed E-state index contributed by atoms with van der Waals surface area (Å²) in [5.74, 6) is 1.53. The number of rotatable bonds is 3. The maximum atomic E-state index is 12.9. The molecule has 26 heavy (non-hydrogen) atoms. The van der Waals surface area contributed by atoms with Gasteiger partial charge in [0.15, 0.2) is 5.82 Å². The summed E-state index contributed by atoms with van der Waals surface area (Å²) in [6.07, 6.45) is 10.7. The van der Waals surface area contributed by atoms with Crippen LogP contribution in [0.5, 0.6) is 0 Å². The minimum atomic E-state index is -0.168. The van der Waals surface area contributed by atoms with Gasteiger partial charge in [0.1, 0.15) is 11.7 Å². The van der Waals surface area contributed by atoms with Crippen LogP contribution in [-0.4, -0.2) is 39.6 Å². The topological polar surface area (TPSA) is 78.1 Å². The number of hydrogen-bond acceptors (Lipinski definition) is 5. The Bertz CT molecular complexity index is 865. The molecule has 1 aliphatic heterocycles. The van der Waals surface area contributed by atoms with Crippen LogP contribution in [0.3, 0.4) is 0 Å². The monoisotopic (exact) mass is 352 g/mol. The van der Waals surface area contributed by atoms with E-state index in [-0.39, 0.29) is 11.9 Å². The lowest BCUT2D eigenvalue weighted by Gasteiger charge is -2.43. The number of anilines is 2. The summed E-state index contributed by atoms with van der Waals surface area (Å²) in [6.45, 7) is 2.06. The predicted molar refractivity (Wildman–Crippen MR) is 99.4 cm³/mol. The smallest absolute Gasteiger partial charge is 0.249 e. The highest BCUT2D eigenvalue weighted by atomic mass is 16.2. The number of nitrogens with one attached hydrogen (secondary N) is 1. The van der Waals surface area contributed by atoms with Crippen molar-refractivity contribution in [3.63, 3.8) is 0 Å². The highest BCUT2D eigenvalue weighted by molar-refractivity contribution is 6.04. The van der Waals surface area contributed by atoms with Crippen molar-refractivity contribution in [2.24, 2.45) is 0 Å². The van der Waals surface area contributed by atoms with E-state index in [9.17, 15) is 4.79 Å². The molecule has 2 aliphatic rings. The number of fused-ring (bicyclic) bond motifs is 1. The first-order valence-electron chi connectivity index (χ1n) is 9.26. The van der Waals surface area contributed by atoms with Crippen molar-refractivity contribution in [2.45, 2.75) is 51.1 Å². The number of carbonyl (C=O) groups is 1. The fraction of sp³-hybridized carbons (Fsp3) is 0.474. The molecule has 1 aliphatic carbocycles. The number of likely N-dealkylation sites (N-methyl/N-ethyl adjacent to an activating group) is 1. The van der Waals surface area contributed by atoms with Crippen LogP contribution in [0, 0.1) is 5.41 Å². The molecule has 1 fully saturated rings. The Morgan fingerprint density at radius 2 is 1.92 bits per heavy atom. The van der Waals surface area contributed by atoms with E-state index in [1.807, 2.05) is 4.57 Å². The Morgan fingerprint density at radius 1 is 1.23 bits per heavy atom. The van der Waals surface area contributed by atoms with Gasteiger partial charge in [-0.3, -0.25) is 9.36 Å². The van der Waals surface area contributed by atoms with Gasteiger partial charge < -0.3 is 15.2 Å². The van der Waals surface area contributed by atoms with Crippen molar-refractivity contribution in [3.05, 3.63) is 36.1 Å². The summed E-state index contributed by atoms with van der Waals surface area (Å²) in [5.41, 5.74) is 0.771. The first-order valence-corrected chi connectivity index (χ1v) is 9.26. The van der Waals surface area contributed by atoms with E-state index in [1.165, 1.54) is 12.8 Å². The summed E-state index contributed by atoms with van der Waals surface area (Å²) < 4.78 is 1.81. The second-order valence-corrected chi connectivity index (χ2v) is 7.04. The van der Waals surface area contributed by atoms with Crippen molar-refractivity contribution in [1.29, 1.82) is 5.41 Å². The number of aromatic nitrogens is 3. The van der Waals surface area contributed by atoms with E-state index >= 15 is 0 Å². The molecule has 3 heterocycles. The Balaban J connectivity index is 1.84. The molecular weight excluding hydrogens is 328 g/mol. The van der Waals surface area contributed by atoms with Crippen molar-refractivity contribution < 1.29 is 4.79 Å². The van der Waals surface area contributed by atoms with E-state index in [0.29, 0.717) is 17.3 Å². The van der Waals surface area contributed by atoms with E-state index in [0.717, 1.165) is 30.8 Å². The van der Waals surface area contributed by atoms with Crippen LogP contribution in [0.25, 0.3) is 5.95 Å². The Morgan fingerprint density at radius 3 is 2.58 bits per heavy atom. The molecule has 7 heteroatoms. The average molecular weight is 352 g/mol. The summed E-state index contributed by atoms with van der Waals surface area (Å²) in [7, 11) is 1.81. The molecule has 0 radical (unpaired) electrons. The summed E-state index contributed by atoms with van der Waals surface area (Å²) in [4.78, 5) is 26.1. The molecule has 2 aromatic heterocycles. The molecule has 1 saturated carbocycles. The second-order valence-electron chi connectivity index (χ2n) is 7.04. The second kappa shape index (κ2) is 6.55. The van der Waals surface area contributed by atoms with E-state index in [1.54, 1.807) is 42.7 Å². The molecule has 0 spiro atoms. The van der Waals surface area contributed by atoms with Gasteiger partial charge in [-0.2, -0.15) is 4.98 Å². The van der Waals surface area contributed by atoms with Crippen LogP contribution < -0.4 is 15.2 Å². The van der Waals surface area contributed by atoms with Crippen LogP contribution in [-0.2, 0) is 4.79 Å². The van der Waals surface area contributed by atoms with E-state index < -0.39 is 0 Å². The minimum absolute atomic E-state index is 0.120. The van der Waals surface area contributed by atoms with E-state index in [2.05, 4.69) is 16.8 Å². The number of hydrogen-bond donors (Lipinski definition) is 1. The minimum Gasteiger partial charge on any atom is -0.340 e. The van der Waals surface area contributed by atoms with Gasteiger partial charge >= 0.3 is 0 Å². The van der Waals surface area contributed by atoms with Gasteiger partial charge in [0, 0.05) is 25.5 Å². The normalized spacial score (nSPS) is 20.5. The van der Waals surface area contributed by atoms with Crippen LogP contribution in [0.2, 0.25) is 0 Å². The van der Waals surface area contributed by atoms with Crippen molar-refractivity contribution >= 4 is 17.4 Å². The van der Waals surface area contributed by atoms with Gasteiger partial charge in [-0.05, 0) is 31.4 Å². The molecule has 136 valence electrons. The first kappa shape index (κ1) is 16.8. The predicted octanol–water partition coefficient (Wildman–Crippen LogP) is 2.25. The zero-order valence-corrected chi connectivity index (χ0v) is 15.2. The SMILES string of the molecule is CC[C@@H]1C(=O)N(C)c2cnc(-n3ccc(=N)cc3)nc2N1C1CCCC1. The lowest BCUT2D eigenvalue weighted by Crippen LogP contribution is -2.55. The third-order valence-electron chi connectivity index (χ3n) is 5.46. The zero-order valence-electron chi connectivity index (χ0n) is 15.2. The maximum absolute atomic E-state index is 12.9. The molecule has 7 nitrogen and oxygen atoms in total. The molecule has 0 bridgehead atoms. The lowest BCUT2D eigenvalue weighted by molar-refractivity contribution is -0.120. The van der Waals surface area contributed by atoms with Crippen LogP contribution >= 0.6 is 0 Å². The molecular formula is C19H24N6O. The van der Waals surface area contributed by atoms with Crippen molar-refractivity contribution in [2.75, 3.05) is 16.8 Å². The molecule has 1 N–H and O–H groups in total. The maximum Gasteiger partial charge on any atom is 0.249 e. The van der Waals surface area contributed by atoms with Gasteiger partial charge in [-0.25, -0.2) is 4.98 Å². The fourth-order valence-electron chi connectivity index (χ4n) is 4.06.